The molecule has 1 saturated heterocycles. The molecule has 1 aliphatic heterocycles. The van der Waals surface area contributed by atoms with E-state index in [9.17, 15) is 14.0 Å². The van der Waals surface area contributed by atoms with Crippen LogP contribution in [0.25, 0.3) is 0 Å². The van der Waals surface area contributed by atoms with Crippen LogP contribution in [0.4, 0.5) is 9.18 Å². The molecule has 1 aromatic rings. The van der Waals surface area contributed by atoms with Crippen molar-refractivity contribution >= 4 is 24.0 Å². The Hall–Kier alpha value is -1.66. The maximum absolute atomic E-state index is 12.6. The average molecular weight is 359 g/mol. The van der Waals surface area contributed by atoms with Crippen molar-refractivity contribution in [2.45, 2.75) is 32.8 Å². The summed E-state index contributed by atoms with van der Waals surface area (Å²) in [5.74, 6) is -0.654. The zero-order valence-corrected chi connectivity index (χ0v) is 15.0. The van der Waals surface area contributed by atoms with Crippen molar-refractivity contribution in [3.8, 4) is 0 Å². The second-order valence-corrected chi connectivity index (χ2v) is 6.74. The van der Waals surface area contributed by atoms with E-state index in [0.717, 1.165) is 32.6 Å². The fourth-order valence-electron chi connectivity index (χ4n) is 1.97. The minimum absolute atomic E-state index is 0.00694. The van der Waals surface area contributed by atoms with Gasteiger partial charge in [0.15, 0.2) is 12.1 Å². The molecule has 7 heteroatoms. The summed E-state index contributed by atoms with van der Waals surface area (Å²) in [6.45, 7) is 9.05. The van der Waals surface area contributed by atoms with Gasteiger partial charge in [0.1, 0.15) is 5.60 Å². The van der Waals surface area contributed by atoms with Crippen LogP contribution in [0.2, 0.25) is 5.02 Å². The van der Waals surface area contributed by atoms with E-state index in [4.69, 9.17) is 16.3 Å². The third-order valence-electron chi connectivity index (χ3n) is 3.10. The van der Waals surface area contributed by atoms with Crippen LogP contribution in [-0.2, 0) is 4.74 Å². The molecule has 0 unspecified atom stereocenters. The lowest BCUT2D eigenvalue weighted by atomic mass is 10.2. The molecule has 0 radical (unpaired) electrons. The number of halogens is 2. The highest BCUT2D eigenvalue weighted by molar-refractivity contribution is 6.31. The normalized spacial score (nSPS) is 15.0. The van der Waals surface area contributed by atoms with Crippen molar-refractivity contribution in [3.05, 3.63) is 34.6 Å². The molecule has 1 aromatic carbocycles. The number of amides is 1. The first kappa shape index (κ1) is 20.4. The zero-order chi connectivity index (χ0) is 18.2. The molecule has 1 heterocycles. The Morgan fingerprint density at radius 3 is 2.62 bits per heavy atom. The summed E-state index contributed by atoms with van der Waals surface area (Å²) in [6.07, 6.45) is 1.24. The van der Waals surface area contributed by atoms with E-state index in [0.29, 0.717) is 6.29 Å². The molecule has 0 spiro atoms. The van der Waals surface area contributed by atoms with E-state index in [-0.39, 0.29) is 16.7 Å². The molecule has 0 bridgehead atoms. The van der Waals surface area contributed by atoms with Gasteiger partial charge in [0.05, 0.1) is 10.6 Å². The number of ether oxygens (including phenoxy) is 1. The Morgan fingerprint density at radius 2 is 2.04 bits per heavy atom. The fraction of sp³-hybridized carbons (Fsp3) is 0.529. The van der Waals surface area contributed by atoms with Gasteiger partial charge in [-0.3, -0.25) is 4.79 Å². The summed E-state index contributed by atoms with van der Waals surface area (Å²) in [6, 6.07) is 4.28. The number of hydrogen-bond donors (Lipinski definition) is 1. The van der Waals surface area contributed by atoms with Gasteiger partial charge in [-0.2, -0.15) is 0 Å². The van der Waals surface area contributed by atoms with E-state index in [2.05, 4.69) is 5.32 Å². The Bertz CT molecular complexity index is 553. The smallest absolute Gasteiger partial charge is 0.410 e. The predicted octanol–water partition coefficient (Wildman–Crippen LogP) is 3.51. The number of benzene rings is 1. The van der Waals surface area contributed by atoms with Crippen molar-refractivity contribution in [2.24, 2.45) is 0 Å². The molecule has 1 N–H and O–H groups in total. The second kappa shape index (κ2) is 9.59. The number of hydrogen-bond acceptors (Lipinski definition) is 4. The Balaban J connectivity index is 0.000000254. The molecular weight excluding hydrogens is 335 g/mol. The highest BCUT2D eigenvalue weighted by Crippen LogP contribution is 2.15. The first-order chi connectivity index (χ1) is 11.2. The van der Waals surface area contributed by atoms with Gasteiger partial charge < -0.3 is 15.0 Å². The average Bonchev–Trinajstić information content (AvgIpc) is 2.78. The Kier molecular flexibility index (Phi) is 8.15. The van der Waals surface area contributed by atoms with E-state index < -0.39 is 11.4 Å². The van der Waals surface area contributed by atoms with Crippen molar-refractivity contribution in [3.63, 3.8) is 0 Å². The first-order valence-electron chi connectivity index (χ1n) is 7.82. The summed E-state index contributed by atoms with van der Waals surface area (Å²) < 4.78 is 17.9. The lowest BCUT2D eigenvalue weighted by Gasteiger charge is -2.26. The molecule has 5 nitrogen and oxygen atoms in total. The molecular formula is C17H24ClFN2O3. The minimum atomic E-state index is -0.654. The largest absolute Gasteiger partial charge is 0.444 e. The van der Waals surface area contributed by atoms with Crippen LogP contribution >= 0.6 is 11.6 Å². The summed E-state index contributed by atoms with van der Waals surface area (Å²) in [4.78, 5) is 23.5. The standard InChI is InChI=1S/C10H20N2O2.C7H4ClFO/c1-10(2,3)14-9(13)12-7-4-5-11-6-8-12;8-6-3-1-2-5(4-10)7(6)9/h11H,4-8H2,1-3H3;1-4H. The predicted molar refractivity (Wildman–Crippen MR) is 92.1 cm³/mol. The molecule has 0 saturated carbocycles. The molecule has 2 rings (SSSR count). The second-order valence-electron chi connectivity index (χ2n) is 6.33. The van der Waals surface area contributed by atoms with Crippen molar-refractivity contribution in [1.82, 2.24) is 10.2 Å². The molecule has 1 amide bonds. The maximum atomic E-state index is 12.6. The molecule has 1 aliphatic rings. The monoisotopic (exact) mass is 358 g/mol. The summed E-state index contributed by atoms with van der Waals surface area (Å²) in [5, 5.41) is 3.22. The number of nitrogens with one attached hydrogen (secondary N) is 1. The lowest BCUT2D eigenvalue weighted by molar-refractivity contribution is 0.0262. The maximum Gasteiger partial charge on any atom is 0.410 e. The Morgan fingerprint density at radius 1 is 1.33 bits per heavy atom. The summed E-state index contributed by atoms with van der Waals surface area (Å²) >= 11 is 5.36. The van der Waals surface area contributed by atoms with Crippen molar-refractivity contribution in [2.75, 3.05) is 26.2 Å². The quantitative estimate of drug-likeness (QED) is 0.780. The third kappa shape index (κ3) is 7.27. The van der Waals surface area contributed by atoms with Crippen LogP contribution in [0, 0.1) is 5.82 Å². The Labute approximate surface area is 147 Å². The van der Waals surface area contributed by atoms with Gasteiger partial charge in [0.25, 0.3) is 0 Å². The number of nitrogens with zero attached hydrogens (tertiary/aromatic N) is 1. The lowest BCUT2D eigenvalue weighted by Crippen LogP contribution is -2.38. The molecule has 0 atom stereocenters. The molecule has 24 heavy (non-hydrogen) atoms. The third-order valence-corrected chi connectivity index (χ3v) is 3.39. The van der Waals surface area contributed by atoms with Gasteiger partial charge >= 0.3 is 6.09 Å². The molecule has 134 valence electrons. The van der Waals surface area contributed by atoms with E-state index >= 15 is 0 Å². The number of aldehydes is 1. The fourth-order valence-corrected chi connectivity index (χ4v) is 2.15. The SMILES string of the molecule is CC(C)(C)OC(=O)N1CCCNCC1.O=Cc1cccc(Cl)c1F. The minimum Gasteiger partial charge on any atom is -0.444 e. The van der Waals surface area contributed by atoms with Crippen LogP contribution in [0.15, 0.2) is 18.2 Å². The number of carbonyl (C=O) groups is 2. The number of rotatable bonds is 1. The topological polar surface area (TPSA) is 58.6 Å². The van der Waals surface area contributed by atoms with Gasteiger partial charge in [-0.15, -0.1) is 0 Å². The van der Waals surface area contributed by atoms with Gasteiger partial charge in [-0.25, -0.2) is 9.18 Å². The molecule has 1 fully saturated rings. The van der Waals surface area contributed by atoms with Crippen LogP contribution in [0.5, 0.6) is 0 Å². The van der Waals surface area contributed by atoms with Gasteiger partial charge in [0, 0.05) is 19.6 Å². The van der Waals surface area contributed by atoms with E-state index in [1.54, 1.807) is 4.90 Å². The summed E-state index contributed by atoms with van der Waals surface area (Å²) in [7, 11) is 0. The van der Waals surface area contributed by atoms with Crippen LogP contribution in [0.3, 0.4) is 0 Å². The van der Waals surface area contributed by atoms with Crippen LogP contribution in [-0.4, -0.2) is 49.1 Å². The highest BCUT2D eigenvalue weighted by Gasteiger charge is 2.22. The summed E-state index contributed by atoms with van der Waals surface area (Å²) in [5.41, 5.74) is -0.399. The first-order valence-corrected chi connectivity index (χ1v) is 8.20. The van der Waals surface area contributed by atoms with Crippen LogP contribution in [0.1, 0.15) is 37.6 Å². The van der Waals surface area contributed by atoms with Gasteiger partial charge in [0.2, 0.25) is 0 Å². The van der Waals surface area contributed by atoms with E-state index in [1.807, 2.05) is 20.8 Å². The van der Waals surface area contributed by atoms with Crippen LogP contribution < -0.4 is 5.32 Å². The van der Waals surface area contributed by atoms with Crippen molar-refractivity contribution in [1.29, 1.82) is 0 Å². The number of carbonyl (C=O) groups excluding carboxylic acids is 2. The zero-order valence-electron chi connectivity index (χ0n) is 14.3. The highest BCUT2D eigenvalue weighted by atomic mass is 35.5. The van der Waals surface area contributed by atoms with E-state index in [1.165, 1.54) is 18.2 Å². The van der Waals surface area contributed by atoms with Gasteiger partial charge in [-0.05, 0) is 45.9 Å². The van der Waals surface area contributed by atoms with Crippen molar-refractivity contribution < 1.29 is 18.7 Å². The molecule has 0 aliphatic carbocycles. The molecule has 0 aromatic heterocycles. The van der Waals surface area contributed by atoms with Gasteiger partial charge in [-0.1, -0.05) is 17.7 Å².